The maximum absolute atomic E-state index is 9.75. The predicted molar refractivity (Wildman–Crippen MR) is 84.2 cm³/mol. The molecule has 0 amide bonds. The average Bonchev–Trinajstić information content (AvgIpc) is 2.57. The zero-order valence-electron chi connectivity index (χ0n) is 14.0. The Morgan fingerprint density at radius 2 is 1.67 bits per heavy atom. The van der Waals surface area contributed by atoms with Crippen LogP contribution in [0.2, 0.25) is 0 Å². The fraction of sp³-hybridized carbons (Fsp3) is 0.769. The van der Waals surface area contributed by atoms with Gasteiger partial charge in [0.05, 0.1) is 19.1 Å². The van der Waals surface area contributed by atoms with Crippen LogP contribution in [0, 0.1) is 0 Å². The third kappa shape index (κ3) is 5.19. The first-order valence-corrected chi connectivity index (χ1v) is 7.28. The molecule has 0 aromatic carbocycles. The van der Waals surface area contributed by atoms with Crippen molar-refractivity contribution in [1.29, 1.82) is 0 Å². The molecule has 11 heteroatoms. The zero-order chi connectivity index (χ0) is 18.1. The summed E-state index contributed by atoms with van der Waals surface area (Å²) in [5.41, 5.74) is 0. The second-order valence-electron chi connectivity index (χ2n) is 4.97. The molecule has 11 nitrogen and oxygen atoms in total. The molecule has 4 N–H and O–H groups in total. The number of aromatic nitrogens is 3. The summed E-state index contributed by atoms with van der Waals surface area (Å²) in [4.78, 5) is 15.0. The van der Waals surface area contributed by atoms with Gasteiger partial charge in [0, 0.05) is 14.2 Å². The van der Waals surface area contributed by atoms with Crippen LogP contribution < -0.4 is 9.80 Å². The second-order valence-corrected chi connectivity index (χ2v) is 4.97. The molecule has 0 fully saturated rings. The molecule has 2 atom stereocenters. The number of hydrogen-bond acceptors (Lipinski definition) is 11. The van der Waals surface area contributed by atoms with E-state index < -0.39 is 25.6 Å². The predicted octanol–water partition coefficient (Wildman–Crippen LogP) is -1.95. The number of hydrogen-bond donors (Lipinski definition) is 4. The third-order valence-electron chi connectivity index (χ3n) is 3.18. The van der Waals surface area contributed by atoms with E-state index in [0.29, 0.717) is 0 Å². The molecule has 0 aliphatic rings. The normalized spacial score (nSPS) is 13.6. The van der Waals surface area contributed by atoms with Crippen LogP contribution in [0.25, 0.3) is 0 Å². The molecule has 0 saturated carbocycles. The third-order valence-corrected chi connectivity index (χ3v) is 3.18. The fourth-order valence-corrected chi connectivity index (χ4v) is 1.90. The lowest BCUT2D eigenvalue weighted by Gasteiger charge is -2.26. The van der Waals surface area contributed by atoms with E-state index in [1.165, 1.54) is 26.0 Å². The number of methoxy groups -OCH3 is 2. The van der Waals surface area contributed by atoms with Crippen LogP contribution in [-0.2, 0) is 9.47 Å². The first-order valence-electron chi connectivity index (χ1n) is 7.28. The minimum atomic E-state index is -1.06. The smallest absolute Gasteiger partial charge is 0.234 e. The Bertz CT molecular complexity index is 460. The van der Waals surface area contributed by atoms with E-state index in [9.17, 15) is 20.4 Å². The average molecular weight is 347 g/mol. The molecule has 2 unspecified atom stereocenters. The van der Waals surface area contributed by atoms with Crippen molar-refractivity contribution in [3.63, 3.8) is 0 Å². The summed E-state index contributed by atoms with van der Waals surface area (Å²) in [6.07, 6.45) is -1.06. The molecule has 1 heterocycles. The number of aliphatic hydroxyl groups is 4. The highest BCUT2D eigenvalue weighted by molar-refractivity contribution is 5.39. The highest BCUT2D eigenvalue weighted by Gasteiger charge is 2.23. The summed E-state index contributed by atoms with van der Waals surface area (Å²) in [6, 6.07) is 0. The van der Waals surface area contributed by atoms with Gasteiger partial charge in [-0.3, -0.25) is 9.80 Å². The molecular formula is C13H25N5O6. The highest BCUT2D eigenvalue weighted by Crippen LogP contribution is 2.20. The van der Waals surface area contributed by atoms with Crippen LogP contribution in [0.15, 0.2) is 0 Å². The highest BCUT2D eigenvalue weighted by atomic mass is 16.5. The molecule has 0 radical (unpaired) electrons. The molecule has 1 aromatic rings. The van der Waals surface area contributed by atoms with Gasteiger partial charge in [0.25, 0.3) is 0 Å². The topological polar surface area (TPSA) is 145 Å². The fourth-order valence-electron chi connectivity index (χ4n) is 1.90. The van der Waals surface area contributed by atoms with Crippen molar-refractivity contribution in [2.45, 2.75) is 19.1 Å². The molecule has 138 valence electrons. The van der Waals surface area contributed by atoms with Gasteiger partial charge >= 0.3 is 0 Å². The van der Waals surface area contributed by atoms with Gasteiger partial charge in [-0.1, -0.05) is 0 Å². The first-order chi connectivity index (χ1) is 11.5. The number of rotatable bonds is 11. The minimum Gasteiger partial charge on any atom is -0.396 e. The Labute approximate surface area is 140 Å². The van der Waals surface area contributed by atoms with Gasteiger partial charge in [0.15, 0.2) is 0 Å². The van der Waals surface area contributed by atoms with E-state index in [0.717, 1.165) is 4.90 Å². The van der Waals surface area contributed by atoms with E-state index in [4.69, 9.17) is 9.47 Å². The van der Waals surface area contributed by atoms with Crippen LogP contribution in [0.5, 0.6) is 0 Å². The number of ether oxygens (including phenoxy) is 2. The largest absolute Gasteiger partial charge is 0.396 e. The number of nitrogens with zero attached hydrogens (tertiary/aromatic N) is 5. The van der Waals surface area contributed by atoms with E-state index in [1.807, 2.05) is 0 Å². The number of anilines is 2. The summed E-state index contributed by atoms with van der Waals surface area (Å²) in [7, 11) is 2.93. The maximum atomic E-state index is 9.75. The first kappa shape index (κ1) is 20.4. The number of aliphatic hydroxyl groups excluding tert-OH is 4. The van der Waals surface area contributed by atoms with E-state index in [2.05, 4.69) is 15.0 Å². The van der Waals surface area contributed by atoms with Crippen LogP contribution in [0.4, 0.5) is 11.9 Å². The van der Waals surface area contributed by atoms with Crippen molar-refractivity contribution >= 4 is 11.9 Å². The Kier molecular flexibility index (Phi) is 8.74. The Balaban J connectivity index is 3.36. The second kappa shape index (κ2) is 10.3. The molecule has 1 rings (SSSR count). The van der Waals surface area contributed by atoms with Gasteiger partial charge in [0.1, 0.15) is 32.2 Å². The van der Waals surface area contributed by atoms with E-state index in [1.54, 1.807) is 0 Å². The monoisotopic (exact) mass is 347 g/mol. The van der Waals surface area contributed by atoms with Crippen LogP contribution in [0.1, 0.15) is 18.7 Å². The van der Waals surface area contributed by atoms with Crippen molar-refractivity contribution < 1.29 is 29.9 Å². The lowest BCUT2D eigenvalue weighted by atomic mass is 10.1. The Morgan fingerprint density at radius 3 is 2.12 bits per heavy atom. The molecule has 0 saturated heterocycles. The summed E-state index contributed by atoms with van der Waals surface area (Å²) >= 11 is 0. The molecule has 1 aromatic heterocycles. The van der Waals surface area contributed by atoms with Gasteiger partial charge in [-0.15, -0.1) is 0 Å². The van der Waals surface area contributed by atoms with Gasteiger partial charge < -0.3 is 29.9 Å². The quantitative estimate of drug-likeness (QED) is 0.331. The van der Waals surface area contributed by atoms with Crippen LogP contribution >= 0.6 is 0 Å². The van der Waals surface area contributed by atoms with Crippen LogP contribution in [-0.4, -0.2) is 89.2 Å². The van der Waals surface area contributed by atoms with Gasteiger partial charge in [-0.05, 0) is 6.92 Å². The minimum absolute atomic E-state index is 0.00314. The van der Waals surface area contributed by atoms with Crippen molar-refractivity contribution in [2.75, 3.05) is 57.4 Å². The summed E-state index contributed by atoms with van der Waals surface area (Å²) < 4.78 is 10.0. The van der Waals surface area contributed by atoms with Gasteiger partial charge in [-0.2, -0.15) is 15.0 Å². The molecule has 0 bridgehead atoms. The lowest BCUT2D eigenvalue weighted by molar-refractivity contribution is 0.138. The molecular weight excluding hydrogens is 322 g/mol. The molecule has 0 aliphatic heterocycles. The van der Waals surface area contributed by atoms with Crippen molar-refractivity contribution in [3.05, 3.63) is 5.82 Å². The standard InChI is InChI=1S/C13H25N5O6/c1-9(22)18(7-21)13-15-11(10(4-19)5-23-2)14-12(16-13)17(6-20)8-24-3/h9-10,19-22H,4-8H2,1-3H3. The van der Waals surface area contributed by atoms with Crippen molar-refractivity contribution in [2.24, 2.45) is 0 Å². The van der Waals surface area contributed by atoms with Crippen LogP contribution in [0.3, 0.4) is 0 Å². The molecule has 0 aliphatic carbocycles. The summed E-state index contributed by atoms with van der Waals surface area (Å²) in [6.45, 7) is 0.402. The van der Waals surface area contributed by atoms with E-state index >= 15 is 0 Å². The zero-order valence-corrected chi connectivity index (χ0v) is 14.0. The Hall–Kier alpha value is -1.63. The molecule has 0 spiro atoms. The summed E-state index contributed by atoms with van der Waals surface area (Å²) in [5.74, 6) is -0.259. The lowest BCUT2D eigenvalue weighted by Crippen LogP contribution is -2.37. The van der Waals surface area contributed by atoms with Crippen molar-refractivity contribution in [3.8, 4) is 0 Å². The maximum Gasteiger partial charge on any atom is 0.234 e. The molecule has 24 heavy (non-hydrogen) atoms. The van der Waals surface area contributed by atoms with Crippen molar-refractivity contribution in [1.82, 2.24) is 15.0 Å². The SMILES string of the molecule is COCC(CO)c1nc(N(CO)COC)nc(N(CO)C(C)O)n1. The van der Waals surface area contributed by atoms with Gasteiger partial charge in [0.2, 0.25) is 11.9 Å². The Morgan fingerprint density at radius 1 is 1.00 bits per heavy atom. The van der Waals surface area contributed by atoms with E-state index in [-0.39, 0.29) is 37.7 Å². The summed E-state index contributed by atoms with van der Waals surface area (Å²) in [5, 5.41) is 38.2. The van der Waals surface area contributed by atoms with Gasteiger partial charge in [-0.25, -0.2) is 0 Å².